The van der Waals surface area contributed by atoms with Gasteiger partial charge in [-0.05, 0) is 18.8 Å². The fourth-order valence-corrected chi connectivity index (χ4v) is 1.98. The van der Waals surface area contributed by atoms with Gasteiger partial charge in [-0.15, -0.1) is 0 Å². The molecule has 1 aliphatic rings. The van der Waals surface area contributed by atoms with E-state index in [0.717, 1.165) is 31.9 Å². The summed E-state index contributed by atoms with van der Waals surface area (Å²) in [6.45, 7) is 1.67. The Labute approximate surface area is 84.1 Å². The number of nitrogens with two attached hydrogens (primary N) is 1. The van der Waals surface area contributed by atoms with Gasteiger partial charge in [0.2, 0.25) is 0 Å². The SMILES string of the molecule is Cn1ccnc1[C@H](N)C1CCOCC1. The number of ether oxygens (including phenoxy) is 1. The Kier molecular flexibility index (Phi) is 2.84. The van der Waals surface area contributed by atoms with Gasteiger partial charge in [-0.3, -0.25) is 0 Å². The van der Waals surface area contributed by atoms with Crippen LogP contribution in [0.4, 0.5) is 0 Å². The Morgan fingerprint density at radius 3 is 2.86 bits per heavy atom. The summed E-state index contributed by atoms with van der Waals surface area (Å²) >= 11 is 0. The van der Waals surface area contributed by atoms with Crippen LogP contribution in [0.2, 0.25) is 0 Å². The molecule has 0 saturated carbocycles. The first-order valence-corrected chi connectivity index (χ1v) is 5.09. The van der Waals surface area contributed by atoms with Crippen molar-refractivity contribution in [1.29, 1.82) is 0 Å². The van der Waals surface area contributed by atoms with Gasteiger partial charge in [0.15, 0.2) is 0 Å². The van der Waals surface area contributed by atoms with Crippen molar-refractivity contribution >= 4 is 0 Å². The van der Waals surface area contributed by atoms with E-state index in [2.05, 4.69) is 4.98 Å². The molecular formula is C10H17N3O. The molecule has 1 saturated heterocycles. The zero-order valence-electron chi connectivity index (χ0n) is 8.52. The Hall–Kier alpha value is -0.870. The predicted octanol–water partition coefficient (Wildman–Crippen LogP) is 0.846. The summed E-state index contributed by atoms with van der Waals surface area (Å²) in [5.41, 5.74) is 6.18. The molecule has 14 heavy (non-hydrogen) atoms. The minimum absolute atomic E-state index is 0.0545. The van der Waals surface area contributed by atoms with Gasteiger partial charge in [-0.25, -0.2) is 4.98 Å². The van der Waals surface area contributed by atoms with Crippen LogP contribution in [-0.4, -0.2) is 22.8 Å². The normalized spacial score (nSPS) is 21.0. The fourth-order valence-electron chi connectivity index (χ4n) is 1.98. The van der Waals surface area contributed by atoms with Crippen LogP contribution in [-0.2, 0) is 11.8 Å². The van der Waals surface area contributed by atoms with E-state index in [1.807, 2.05) is 17.8 Å². The number of nitrogens with zero attached hydrogens (tertiary/aromatic N) is 2. The van der Waals surface area contributed by atoms with Crippen molar-refractivity contribution < 1.29 is 4.74 Å². The average molecular weight is 195 g/mol. The molecule has 1 aromatic rings. The van der Waals surface area contributed by atoms with Crippen molar-refractivity contribution in [2.24, 2.45) is 18.7 Å². The maximum Gasteiger partial charge on any atom is 0.125 e. The Bertz CT molecular complexity index is 291. The maximum absolute atomic E-state index is 6.18. The number of rotatable bonds is 2. The highest BCUT2D eigenvalue weighted by Crippen LogP contribution is 2.26. The summed E-state index contributed by atoms with van der Waals surface area (Å²) in [5, 5.41) is 0. The molecule has 1 atom stereocenters. The van der Waals surface area contributed by atoms with Crippen LogP contribution in [0.1, 0.15) is 24.7 Å². The van der Waals surface area contributed by atoms with Crippen LogP contribution < -0.4 is 5.73 Å². The molecular weight excluding hydrogens is 178 g/mol. The summed E-state index contributed by atoms with van der Waals surface area (Å²) in [4.78, 5) is 4.29. The fraction of sp³-hybridized carbons (Fsp3) is 0.700. The van der Waals surface area contributed by atoms with E-state index in [-0.39, 0.29) is 6.04 Å². The van der Waals surface area contributed by atoms with Gasteiger partial charge in [0.1, 0.15) is 5.82 Å². The molecule has 0 aromatic carbocycles. The van der Waals surface area contributed by atoms with Gasteiger partial charge < -0.3 is 15.0 Å². The summed E-state index contributed by atoms with van der Waals surface area (Å²) < 4.78 is 7.31. The second-order valence-corrected chi connectivity index (χ2v) is 3.87. The van der Waals surface area contributed by atoms with Crippen LogP contribution in [0.25, 0.3) is 0 Å². The molecule has 1 aromatic heterocycles. The monoisotopic (exact) mass is 195 g/mol. The quantitative estimate of drug-likeness (QED) is 0.761. The number of aryl methyl sites for hydroxylation is 1. The smallest absolute Gasteiger partial charge is 0.125 e. The Balaban J connectivity index is 2.07. The van der Waals surface area contributed by atoms with Crippen LogP contribution in [0.3, 0.4) is 0 Å². The van der Waals surface area contributed by atoms with Crippen molar-refractivity contribution in [3.05, 3.63) is 18.2 Å². The summed E-state index contributed by atoms with van der Waals surface area (Å²) in [6.07, 6.45) is 5.84. The molecule has 0 unspecified atom stereocenters. The molecule has 78 valence electrons. The van der Waals surface area contributed by atoms with E-state index in [1.54, 1.807) is 6.20 Å². The minimum atomic E-state index is 0.0545. The number of imidazole rings is 1. The van der Waals surface area contributed by atoms with Crippen LogP contribution in [0.15, 0.2) is 12.4 Å². The zero-order valence-corrected chi connectivity index (χ0v) is 8.52. The first kappa shape index (κ1) is 9.68. The predicted molar refractivity (Wildman–Crippen MR) is 53.7 cm³/mol. The van der Waals surface area contributed by atoms with Crippen molar-refractivity contribution in [1.82, 2.24) is 9.55 Å². The van der Waals surface area contributed by atoms with Crippen molar-refractivity contribution in [2.75, 3.05) is 13.2 Å². The van der Waals surface area contributed by atoms with Crippen molar-refractivity contribution in [2.45, 2.75) is 18.9 Å². The maximum atomic E-state index is 6.18. The van der Waals surface area contributed by atoms with Gasteiger partial charge in [-0.2, -0.15) is 0 Å². The standard InChI is InChI=1S/C10H17N3O/c1-13-5-4-12-10(13)9(11)8-2-6-14-7-3-8/h4-5,8-9H,2-3,6-7,11H2,1H3/t9-/m1/s1. The third-order valence-corrected chi connectivity index (χ3v) is 2.93. The van der Waals surface area contributed by atoms with Crippen molar-refractivity contribution in [3.8, 4) is 0 Å². The van der Waals surface area contributed by atoms with E-state index in [1.165, 1.54) is 0 Å². The van der Waals surface area contributed by atoms with E-state index >= 15 is 0 Å². The highest BCUT2D eigenvalue weighted by molar-refractivity contribution is 5.00. The van der Waals surface area contributed by atoms with Crippen LogP contribution in [0.5, 0.6) is 0 Å². The lowest BCUT2D eigenvalue weighted by Gasteiger charge is -2.27. The second kappa shape index (κ2) is 4.11. The lowest BCUT2D eigenvalue weighted by atomic mass is 9.92. The van der Waals surface area contributed by atoms with E-state index in [9.17, 15) is 0 Å². The highest BCUT2D eigenvalue weighted by atomic mass is 16.5. The number of aromatic nitrogens is 2. The molecule has 0 aliphatic carbocycles. The molecule has 2 N–H and O–H groups in total. The summed E-state index contributed by atoms with van der Waals surface area (Å²) in [6, 6.07) is 0.0545. The Morgan fingerprint density at radius 2 is 2.29 bits per heavy atom. The molecule has 0 radical (unpaired) electrons. The average Bonchev–Trinajstić information content (AvgIpc) is 2.65. The summed E-state index contributed by atoms with van der Waals surface area (Å²) in [5.74, 6) is 1.50. The van der Waals surface area contributed by atoms with Crippen LogP contribution >= 0.6 is 0 Å². The summed E-state index contributed by atoms with van der Waals surface area (Å²) in [7, 11) is 1.99. The molecule has 0 bridgehead atoms. The molecule has 2 heterocycles. The van der Waals surface area contributed by atoms with Crippen molar-refractivity contribution in [3.63, 3.8) is 0 Å². The molecule has 0 amide bonds. The lowest BCUT2D eigenvalue weighted by Crippen LogP contribution is -2.29. The third-order valence-electron chi connectivity index (χ3n) is 2.93. The molecule has 4 nitrogen and oxygen atoms in total. The van der Waals surface area contributed by atoms with E-state index < -0.39 is 0 Å². The lowest BCUT2D eigenvalue weighted by molar-refractivity contribution is 0.0572. The van der Waals surface area contributed by atoms with Crippen LogP contribution in [0, 0.1) is 5.92 Å². The number of hydrogen-bond donors (Lipinski definition) is 1. The van der Waals surface area contributed by atoms with Gasteiger partial charge in [0.05, 0.1) is 6.04 Å². The number of hydrogen-bond acceptors (Lipinski definition) is 3. The van der Waals surface area contributed by atoms with E-state index in [0.29, 0.717) is 5.92 Å². The zero-order chi connectivity index (χ0) is 9.97. The topological polar surface area (TPSA) is 53.1 Å². The molecule has 1 fully saturated rings. The Morgan fingerprint density at radius 1 is 1.57 bits per heavy atom. The van der Waals surface area contributed by atoms with Gasteiger partial charge in [0, 0.05) is 32.7 Å². The first-order chi connectivity index (χ1) is 6.79. The second-order valence-electron chi connectivity index (χ2n) is 3.87. The molecule has 0 spiro atoms. The van der Waals surface area contributed by atoms with Gasteiger partial charge in [0.25, 0.3) is 0 Å². The highest BCUT2D eigenvalue weighted by Gasteiger charge is 2.24. The largest absolute Gasteiger partial charge is 0.381 e. The molecule has 2 rings (SSSR count). The third kappa shape index (κ3) is 1.81. The molecule has 4 heteroatoms. The van der Waals surface area contributed by atoms with Gasteiger partial charge >= 0.3 is 0 Å². The van der Waals surface area contributed by atoms with E-state index in [4.69, 9.17) is 10.5 Å². The van der Waals surface area contributed by atoms with Gasteiger partial charge in [-0.1, -0.05) is 0 Å². The molecule has 1 aliphatic heterocycles. The first-order valence-electron chi connectivity index (χ1n) is 5.09. The minimum Gasteiger partial charge on any atom is -0.381 e.